The minimum Gasteiger partial charge on any atom is -0.378 e. The number of ether oxygens (including phenoxy) is 2. The maximum absolute atomic E-state index is 12.4. The second-order valence-corrected chi connectivity index (χ2v) is 5.51. The Morgan fingerprint density at radius 2 is 2.26 bits per heavy atom. The van der Waals surface area contributed by atoms with E-state index in [1.54, 1.807) is 0 Å². The average Bonchev–Trinajstić information content (AvgIpc) is 2.87. The lowest BCUT2D eigenvalue weighted by Crippen LogP contribution is -2.42. The SMILES string of the molecule is O=C(NC1(c2ncon2)CC1)C1COC2COCC21. The number of carbonyl (C=O) groups is 1. The summed E-state index contributed by atoms with van der Waals surface area (Å²) < 4.78 is 15.7. The van der Waals surface area contributed by atoms with Crippen LogP contribution in [0.1, 0.15) is 18.7 Å². The van der Waals surface area contributed by atoms with Gasteiger partial charge in [0.05, 0.1) is 31.8 Å². The zero-order valence-corrected chi connectivity index (χ0v) is 10.4. The van der Waals surface area contributed by atoms with Crippen molar-refractivity contribution >= 4 is 5.91 Å². The second-order valence-electron chi connectivity index (χ2n) is 5.51. The number of rotatable bonds is 3. The smallest absolute Gasteiger partial charge is 0.226 e. The number of nitrogens with zero attached hydrogens (tertiary/aromatic N) is 2. The van der Waals surface area contributed by atoms with Gasteiger partial charge in [-0.15, -0.1) is 0 Å². The molecule has 1 saturated carbocycles. The highest BCUT2D eigenvalue weighted by molar-refractivity contribution is 5.81. The highest BCUT2D eigenvalue weighted by atomic mass is 16.6. The van der Waals surface area contributed by atoms with Crippen molar-refractivity contribution < 1.29 is 18.8 Å². The molecule has 0 bridgehead atoms. The molecular weight excluding hydrogens is 250 g/mol. The third kappa shape index (κ3) is 1.76. The molecule has 1 amide bonds. The zero-order valence-electron chi connectivity index (χ0n) is 10.4. The summed E-state index contributed by atoms with van der Waals surface area (Å²) in [6.45, 7) is 1.69. The first kappa shape index (κ1) is 11.4. The maximum atomic E-state index is 12.4. The van der Waals surface area contributed by atoms with E-state index in [0.717, 1.165) is 12.8 Å². The van der Waals surface area contributed by atoms with Crippen LogP contribution < -0.4 is 5.32 Å². The van der Waals surface area contributed by atoms with Gasteiger partial charge in [0.2, 0.25) is 12.3 Å². The number of nitrogens with one attached hydrogen (secondary N) is 1. The fourth-order valence-electron chi connectivity index (χ4n) is 2.96. The molecule has 3 unspecified atom stereocenters. The molecule has 1 aliphatic carbocycles. The van der Waals surface area contributed by atoms with E-state index >= 15 is 0 Å². The molecule has 0 spiro atoms. The number of hydrogen-bond donors (Lipinski definition) is 1. The summed E-state index contributed by atoms with van der Waals surface area (Å²) in [6, 6.07) is 0. The highest BCUT2D eigenvalue weighted by Crippen LogP contribution is 2.44. The summed E-state index contributed by atoms with van der Waals surface area (Å²) in [4.78, 5) is 16.5. The van der Waals surface area contributed by atoms with Crippen molar-refractivity contribution in [3.63, 3.8) is 0 Å². The van der Waals surface area contributed by atoms with Crippen molar-refractivity contribution in [2.24, 2.45) is 11.8 Å². The molecule has 102 valence electrons. The average molecular weight is 265 g/mol. The third-order valence-corrected chi connectivity index (χ3v) is 4.32. The number of fused-ring (bicyclic) bond motifs is 1. The van der Waals surface area contributed by atoms with E-state index in [0.29, 0.717) is 25.6 Å². The summed E-state index contributed by atoms with van der Waals surface area (Å²) >= 11 is 0. The van der Waals surface area contributed by atoms with Crippen LogP contribution in [0.4, 0.5) is 0 Å². The predicted molar refractivity (Wildman–Crippen MR) is 60.9 cm³/mol. The second kappa shape index (κ2) is 4.01. The van der Waals surface area contributed by atoms with Crippen molar-refractivity contribution in [2.75, 3.05) is 19.8 Å². The Morgan fingerprint density at radius 1 is 1.37 bits per heavy atom. The monoisotopic (exact) mass is 265 g/mol. The molecule has 0 radical (unpaired) electrons. The first-order valence-corrected chi connectivity index (χ1v) is 6.57. The quantitative estimate of drug-likeness (QED) is 0.817. The first-order valence-electron chi connectivity index (χ1n) is 6.57. The number of carbonyl (C=O) groups excluding carboxylic acids is 1. The van der Waals surface area contributed by atoms with Gasteiger partial charge in [0.1, 0.15) is 5.54 Å². The Morgan fingerprint density at radius 3 is 3.00 bits per heavy atom. The van der Waals surface area contributed by atoms with Gasteiger partial charge in [-0.3, -0.25) is 4.79 Å². The van der Waals surface area contributed by atoms with E-state index in [4.69, 9.17) is 14.0 Å². The number of aromatic nitrogens is 2. The largest absolute Gasteiger partial charge is 0.378 e. The van der Waals surface area contributed by atoms with Crippen LogP contribution in [0.3, 0.4) is 0 Å². The van der Waals surface area contributed by atoms with Crippen molar-refractivity contribution in [3.8, 4) is 0 Å². The highest BCUT2D eigenvalue weighted by Gasteiger charge is 2.52. The lowest BCUT2D eigenvalue weighted by Gasteiger charge is -2.19. The molecule has 0 aromatic carbocycles. The topological polar surface area (TPSA) is 86.5 Å². The minimum atomic E-state index is -0.415. The molecule has 2 aliphatic heterocycles. The standard InChI is InChI=1S/C12H15N3O4/c16-10(8-4-18-9-5-17-3-7(8)9)14-12(1-2-12)11-13-6-19-15-11/h6-9H,1-5H2,(H,14,16). The van der Waals surface area contributed by atoms with Crippen LogP contribution in [0.2, 0.25) is 0 Å². The fourth-order valence-corrected chi connectivity index (χ4v) is 2.96. The van der Waals surface area contributed by atoms with Gasteiger partial charge in [0.25, 0.3) is 0 Å². The molecule has 3 aliphatic rings. The zero-order chi connectivity index (χ0) is 12.9. The van der Waals surface area contributed by atoms with Crippen LogP contribution in [0, 0.1) is 11.8 Å². The lowest BCUT2D eigenvalue weighted by molar-refractivity contribution is -0.127. The van der Waals surface area contributed by atoms with E-state index in [-0.39, 0.29) is 23.8 Å². The molecular formula is C12H15N3O4. The van der Waals surface area contributed by atoms with Crippen molar-refractivity contribution in [1.82, 2.24) is 15.5 Å². The van der Waals surface area contributed by atoms with Gasteiger partial charge < -0.3 is 19.3 Å². The van der Waals surface area contributed by atoms with Crippen molar-refractivity contribution in [1.29, 1.82) is 0 Å². The first-order chi connectivity index (χ1) is 9.28. The molecule has 19 heavy (non-hydrogen) atoms. The molecule has 3 atom stereocenters. The van der Waals surface area contributed by atoms with Crippen LogP contribution in [0.5, 0.6) is 0 Å². The predicted octanol–water partition coefficient (Wildman–Crippen LogP) is -0.164. The van der Waals surface area contributed by atoms with Gasteiger partial charge in [0.15, 0.2) is 5.82 Å². The Balaban J connectivity index is 1.47. The summed E-state index contributed by atoms with van der Waals surface area (Å²) in [5.74, 6) is 0.636. The minimum absolute atomic E-state index is 0.0142. The van der Waals surface area contributed by atoms with E-state index < -0.39 is 5.54 Å². The number of amides is 1. The molecule has 3 heterocycles. The maximum Gasteiger partial charge on any atom is 0.226 e. The molecule has 2 saturated heterocycles. The van der Waals surface area contributed by atoms with Gasteiger partial charge in [0, 0.05) is 5.92 Å². The van der Waals surface area contributed by atoms with Gasteiger partial charge in [-0.1, -0.05) is 5.16 Å². The fraction of sp³-hybridized carbons (Fsp3) is 0.750. The molecule has 4 rings (SSSR count). The summed E-state index contributed by atoms with van der Waals surface area (Å²) in [5, 5.41) is 6.90. The molecule has 1 aromatic heterocycles. The lowest BCUT2D eigenvalue weighted by atomic mass is 9.92. The Kier molecular flexibility index (Phi) is 2.40. The van der Waals surface area contributed by atoms with E-state index in [9.17, 15) is 4.79 Å². The van der Waals surface area contributed by atoms with Gasteiger partial charge in [-0.05, 0) is 12.8 Å². The van der Waals surface area contributed by atoms with Gasteiger partial charge in [-0.25, -0.2) is 0 Å². The van der Waals surface area contributed by atoms with E-state index in [2.05, 4.69) is 15.5 Å². The molecule has 7 heteroatoms. The van der Waals surface area contributed by atoms with Crippen molar-refractivity contribution in [2.45, 2.75) is 24.5 Å². The number of hydrogen-bond acceptors (Lipinski definition) is 6. The van der Waals surface area contributed by atoms with Crippen LogP contribution in [0.25, 0.3) is 0 Å². The molecule has 7 nitrogen and oxygen atoms in total. The van der Waals surface area contributed by atoms with Crippen LogP contribution in [-0.2, 0) is 19.8 Å². The summed E-state index contributed by atoms with van der Waals surface area (Å²) in [6.07, 6.45) is 3.09. The Hall–Kier alpha value is -1.47. The summed E-state index contributed by atoms with van der Waals surface area (Å²) in [7, 11) is 0. The van der Waals surface area contributed by atoms with Crippen LogP contribution in [-0.4, -0.2) is 42.0 Å². The third-order valence-electron chi connectivity index (χ3n) is 4.32. The Bertz CT molecular complexity index is 485. The van der Waals surface area contributed by atoms with E-state index in [1.807, 2.05) is 0 Å². The van der Waals surface area contributed by atoms with Gasteiger partial charge in [-0.2, -0.15) is 4.98 Å². The molecule has 1 aromatic rings. The van der Waals surface area contributed by atoms with Crippen LogP contribution in [0.15, 0.2) is 10.9 Å². The summed E-state index contributed by atoms with van der Waals surface area (Å²) in [5.41, 5.74) is -0.415. The molecule has 1 N–H and O–H groups in total. The van der Waals surface area contributed by atoms with Gasteiger partial charge >= 0.3 is 0 Å². The van der Waals surface area contributed by atoms with Crippen LogP contribution >= 0.6 is 0 Å². The molecule has 3 fully saturated rings. The van der Waals surface area contributed by atoms with E-state index in [1.165, 1.54) is 6.39 Å². The normalized spacial score (nSPS) is 35.1. The van der Waals surface area contributed by atoms with Crippen molar-refractivity contribution in [3.05, 3.63) is 12.2 Å². The Labute approximate surface area is 109 Å².